The molecule has 2 aromatic heterocycles. The number of anilines is 1. The van der Waals surface area contributed by atoms with Crippen LogP contribution in [0.3, 0.4) is 0 Å². The molecule has 1 aliphatic carbocycles. The molecule has 0 radical (unpaired) electrons. The summed E-state index contributed by atoms with van der Waals surface area (Å²) in [7, 11) is 0. The lowest BCUT2D eigenvalue weighted by Gasteiger charge is -2.14. The van der Waals surface area contributed by atoms with Gasteiger partial charge in [-0.3, -0.25) is 10.1 Å². The third-order valence-electron chi connectivity index (χ3n) is 6.15. The third-order valence-corrected chi connectivity index (χ3v) is 8.39. The number of hydrogen-bond donors (Lipinski definition) is 2. The largest absolute Gasteiger partial charge is 0.481 e. The van der Waals surface area contributed by atoms with Crippen molar-refractivity contribution in [1.82, 2.24) is 9.36 Å². The SMILES string of the molecule is Cc1nsc(-c2ccc(-c3cnc(C4(C(=O)O)CC4)s3)cc2)c1NC(=O)OC(C)c1ccccc1. The fraction of sp³-hybridized carbons (Fsp3) is 0.231. The van der Waals surface area contributed by atoms with Gasteiger partial charge in [0.1, 0.15) is 16.5 Å². The smallest absolute Gasteiger partial charge is 0.412 e. The number of carbonyl (C=O) groups excluding carboxylic acids is 1. The Kier molecular flexibility index (Phi) is 6.12. The molecule has 4 aromatic rings. The van der Waals surface area contributed by atoms with Crippen molar-refractivity contribution in [2.75, 3.05) is 5.32 Å². The zero-order chi connectivity index (χ0) is 24.6. The van der Waals surface area contributed by atoms with Gasteiger partial charge in [0.2, 0.25) is 0 Å². The van der Waals surface area contributed by atoms with Crippen LogP contribution >= 0.6 is 22.9 Å². The first kappa shape index (κ1) is 23.2. The van der Waals surface area contributed by atoms with Crippen LogP contribution in [0.5, 0.6) is 0 Å². The summed E-state index contributed by atoms with van der Waals surface area (Å²) < 4.78 is 9.99. The molecular formula is C26H23N3O4S2. The lowest BCUT2D eigenvalue weighted by atomic mass is 10.1. The zero-order valence-electron chi connectivity index (χ0n) is 19.1. The number of ether oxygens (including phenoxy) is 1. The maximum atomic E-state index is 12.6. The van der Waals surface area contributed by atoms with Crippen LogP contribution < -0.4 is 5.32 Å². The van der Waals surface area contributed by atoms with Gasteiger partial charge in [-0.2, -0.15) is 4.37 Å². The number of amides is 1. The zero-order valence-corrected chi connectivity index (χ0v) is 20.8. The maximum absolute atomic E-state index is 12.6. The van der Waals surface area contributed by atoms with Crippen molar-refractivity contribution in [3.63, 3.8) is 0 Å². The first-order chi connectivity index (χ1) is 16.9. The van der Waals surface area contributed by atoms with Crippen molar-refractivity contribution in [2.45, 2.75) is 38.2 Å². The van der Waals surface area contributed by atoms with Gasteiger partial charge in [-0.25, -0.2) is 9.78 Å². The predicted octanol–water partition coefficient (Wildman–Crippen LogP) is 6.67. The van der Waals surface area contributed by atoms with E-state index in [0.717, 1.165) is 26.4 Å². The molecule has 0 bridgehead atoms. The molecule has 0 spiro atoms. The van der Waals surface area contributed by atoms with Crippen LogP contribution in [-0.2, 0) is 14.9 Å². The predicted molar refractivity (Wildman–Crippen MR) is 137 cm³/mol. The van der Waals surface area contributed by atoms with E-state index in [-0.39, 0.29) is 6.10 Å². The molecule has 1 aliphatic rings. The van der Waals surface area contributed by atoms with Gasteiger partial charge in [0, 0.05) is 6.20 Å². The van der Waals surface area contributed by atoms with Crippen molar-refractivity contribution in [1.29, 1.82) is 0 Å². The molecule has 1 fully saturated rings. The van der Waals surface area contributed by atoms with Crippen molar-refractivity contribution >= 4 is 40.6 Å². The molecule has 0 aliphatic heterocycles. The lowest BCUT2D eigenvalue weighted by molar-refractivity contribution is -0.140. The lowest BCUT2D eigenvalue weighted by Crippen LogP contribution is -2.18. The molecule has 1 saturated carbocycles. The molecular weight excluding hydrogens is 482 g/mol. The normalized spacial score (nSPS) is 14.8. The maximum Gasteiger partial charge on any atom is 0.412 e. The van der Waals surface area contributed by atoms with Gasteiger partial charge in [0.15, 0.2) is 0 Å². The number of aromatic nitrogens is 2. The van der Waals surface area contributed by atoms with E-state index in [1.807, 2.05) is 68.4 Å². The van der Waals surface area contributed by atoms with Crippen LogP contribution in [0, 0.1) is 6.92 Å². The van der Waals surface area contributed by atoms with Gasteiger partial charge in [-0.1, -0.05) is 54.6 Å². The summed E-state index contributed by atoms with van der Waals surface area (Å²) in [4.78, 5) is 30.4. The number of hydrogen-bond acceptors (Lipinski definition) is 7. The van der Waals surface area contributed by atoms with E-state index in [0.29, 0.717) is 29.2 Å². The molecule has 7 nitrogen and oxygen atoms in total. The average molecular weight is 506 g/mol. The number of thiazole rings is 1. The Bertz CT molecular complexity index is 1380. The number of carboxylic acid groups (broad SMARTS) is 1. The Labute approximate surface area is 210 Å². The molecule has 1 unspecified atom stereocenters. The second-order valence-electron chi connectivity index (χ2n) is 8.55. The molecule has 1 amide bonds. The van der Waals surface area contributed by atoms with Crippen LogP contribution in [0.4, 0.5) is 10.5 Å². The first-order valence-corrected chi connectivity index (χ1v) is 12.8. The van der Waals surface area contributed by atoms with E-state index in [1.165, 1.54) is 22.9 Å². The molecule has 2 N–H and O–H groups in total. The van der Waals surface area contributed by atoms with Crippen LogP contribution in [0.15, 0.2) is 60.8 Å². The summed E-state index contributed by atoms with van der Waals surface area (Å²) in [6.45, 7) is 3.68. The highest BCUT2D eigenvalue weighted by atomic mass is 32.1. The van der Waals surface area contributed by atoms with E-state index in [1.54, 1.807) is 6.20 Å². The van der Waals surface area contributed by atoms with Crippen LogP contribution in [-0.4, -0.2) is 26.5 Å². The second kappa shape index (κ2) is 9.24. The van der Waals surface area contributed by atoms with Gasteiger partial charge in [-0.05, 0) is 54.9 Å². The van der Waals surface area contributed by atoms with E-state index in [4.69, 9.17) is 4.74 Å². The van der Waals surface area contributed by atoms with Crippen LogP contribution in [0.1, 0.15) is 42.1 Å². The Morgan fingerprint density at radius 1 is 1.09 bits per heavy atom. The Balaban J connectivity index is 1.31. The van der Waals surface area contributed by atoms with Crippen molar-refractivity contribution in [3.8, 4) is 20.9 Å². The van der Waals surface area contributed by atoms with E-state index in [9.17, 15) is 14.7 Å². The van der Waals surface area contributed by atoms with E-state index in [2.05, 4.69) is 14.7 Å². The monoisotopic (exact) mass is 505 g/mol. The highest BCUT2D eigenvalue weighted by Gasteiger charge is 2.54. The van der Waals surface area contributed by atoms with Crippen molar-refractivity contribution in [2.24, 2.45) is 0 Å². The molecule has 0 saturated heterocycles. The Morgan fingerprint density at radius 3 is 2.43 bits per heavy atom. The Morgan fingerprint density at radius 2 is 1.77 bits per heavy atom. The summed E-state index contributed by atoms with van der Waals surface area (Å²) in [5.74, 6) is -0.800. The van der Waals surface area contributed by atoms with E-state index < -0.39 is 17.5 Å². The number of carbonyl (C=O) groups is 2. The fourth-order valence-corrected chi connectivity index (χ4v) is 5.87. The topological polar surface area (TPSA) is 101 Å². The van der Waals surface area contributed by atoms with Crippen LogP contribution in [0.2, 0.25) is 0 Å². The second-order valence-corrected chi connectivity index (χ2v) is 10.4. The van der Waals surface area contributed by atoms with Crippen molar-refractivity contribution < 1.29 is 19.4 Å². The molecule has 5 rings (SSSR count). The standard InChI is InChI=1S/C26H23N3O4S2/c1-15-21(28-25(32)33-16(2)17-6-4-3-5-7-17)22(35-29-15)19-10-8-18(9-11-19)20-14-27-23(34-20)26(12-13-26)24(30)31/h3-11,14,16H,12-13H2,1-2H3,(H,28,32)(H,30,31). The molecule has 2 aromatic carbocycles. The van der Waals surface area contributed by atoms with Gasteiger partial charge in [0.05, 0.1) is 21.1 Å². The molecule has 178 valence electrons. The summed E-state index contributed by atoms with van der Waals surface area (Å²) in [5, 5.41) is 13.0. The number of rotatable bonds is 7. The first-order valence-electron chi connectivity index (χ1n) is 11.2. The van der Waals surface area contributed by atoms with E-state index >= 15 is 0 Å². The average Bonchev–Trinajstić information content (AvgIpc) is 3.40. The Hall–Kier alpha value is -3.56. The molecule has 2 heterocycles. The number of nitrogens with zero attached hydrogens (tertiary/aromatic N) is 2. The number of aryl methyl sites for hydroxylation is 1. The summed E-state index contributed by atoms with van der Waals surface area (Å²) in [6.07, 6.45) is 2.10. The number of carboxylic acids is 1. The third kappa shape index (κ3) is 4.56. The molecule has 1 atom stereocenters. The van der Waals surface area contributed by atoms with Gasteiger partial charge < -0.3 is 9.84 Å². The van der Waals surface area contributed by atoms with Gasteiger partial charge >= 0.3 is 12.1 Å². The van der Waals surface area contributed by atoms with Crippen LogP contribution in [0.25, 0.3) is 20.9 Å². The fourth-order valence-electron chi connectivity index (χ4n) is 3.86. The minimum Gasteiger partial charge on any atom is -0.481 e. The quantitative estimate of drug-likeness (QED) is 0.291. The summed E-state index contributed by atoms with van der Waals surface area (Å²) in [5.41, 5.74) is 3.35. The highest BCUT2D eigenvalue weighted by molar-refractivity contribution is 7.15. The molecule has 35 heavy (non-hydrogen) atoms. The number of aliphatic carboxylic acids is 1. The van der Waals surface area contributed by atoms with Crippen molar-refractivity contribution in [3.05, 3.63) is 77.1 Å². The molecule has 9 heteroatoms. The summed E-state index contributed by atoms with van der Waals surface area (Å²) in [6, 6.07) is 17.5. The number of benzene rings is 2. The van der Waals surface area contributed by atoms with Gasteiger partial charge in [-0.15, -0.1) is 11.3 Å². The van der Waals surface area contributed by atoms with Gasteiger partial charge in [0.25, 0.3) is 0 Å². The highest BCUT2D eigenvalue weighted by Crippen LogP contribution is 2.50. The minimum absolute atomic E-state index is 0.383. The number of nitrogens with one attached hydrogen (secondary N) is 1. The summed E-state index contributed by atoms with van der Waals surface area (Å²) >= 11 is 2.74. The minimum atomic E-state index is -0.800.